The fourth-order valence-electron chi connectivity index (χ4n) is 1.72. The second kappa shape index (κ2) is 8.12. The van der Waals surface area contributed by atoms with Crippen LogP contribution in [0.1, 0.15) is 31.7 Å². The van der Waals surface area contributed by atoms with Crippen LogP contribution in [0.4, 0.5) is 5.69 Å². The minimum atomic E-state index is 0.560. The molecule has 0 aliphatic rings. The molecule has 0 aromatic heterocycles. The summed E-state index contributed by atoms with van der Waals surface area (Å²) in [5, 5.41) is 7.11. The summed E-state index contributed by atoms with van der Waals surface area (Å²) in [5.74, 6) is 0.560. The van der Waals surface area contributed by atoms with Gasteiger partial charge in [0.25, 0.3) is 0 Å². The van der Waals surface area contributed by atoms with E-state index in [0.29, 0.717) is 11.0 Å². The predicted octanol–water partition coefficient (Wildman–Crippen LogP) is 3.05. The van der Waals surface area contributed by atoms with Crippen molar-refractivity contribution in [1.29, 1.82) is 0 Å². The van der Waals surface area contributed by atoms with Crippen molar-refractivity contribution in [1.82, 2.24) is 10.2 Å². The second-order valence-electron chi connectivity index (χ2n) is 5.31. The van der Waals surface area contributed by atoms with E-state index < -0.39 is 0 Å². The summed E-state index contributed by atoms with van der Waals surface area (Å²) < 4.78 is 0. The molecule has 0 saturated heterocycles. The Kier molecular flexibility index (Phi) is 6.81. The van der Waals surface area contributed by atoms with Gasteiger partial charge in [-0.1, -0.05) is 26.0 Å². The van der Waals surface area contributed by atoms with Crippen LogP contribution in [0.5, 0.6) is 0 Å². The first-order valence-electron chi connectivity index (χ1n) is 6.78. The van der Waals surface area contributed by atoms with Crippen molar-refractivity contribution in [2.45, 2.75) is 26.2 Å². The average molecular weight is 279 g/mol. The summed E-state index contributed by atoms with van der Waals surface area (Å²) in [6, 6.07) is 8.43. The van der Waals surface area contributed by atoms with Crippen LogP contribution in [0.25, 0.3) is 0 Å². The van der Waals surface area contributed by atoms with E-state index in [-0.39, 0.29) is 0 Å². The van der Waals surface area contributed by atoms with Crippen molar-refractivity contribution >= 4 is 23.0 Å². The fourth-order valence-corrected chi connectivity index (χ4v) is 1.94. The van der Waals surface area contributed by atoms with E-state index >= 15 is 0 Å². The van der Waals surface area contributed by atoms with E-state index in [1.807, 2.05) is 0 Å². The van der Waals surface area contributed by atoms with Gasteiger partial charge in [0.05, 0.1) is 0 Å². The van der Waals surface area contributed by atoms with Gasteiger partial charge in [-0.15, -0.1) is 0 Å². The molecule has 0 spiro atoms. The molecule has 4 heteroatoms. The van der Waals surface area contributed by atoms with E-state index in [2.05, 4.69) is 67.7 Å². The molecule has 1 aromatic rings. The van der Waals surface area contributed by atoms with Gasteiger partial charge >= 0.3 is 0 Å². The molecule has 0 aliphatic carbocycles. The highest BCUT2D eigenvalue weighted by molar-refractivity contribution is 7.80. The molecule has 19 heavy (non-hydrogen) atoms. The zero-order valence-corrected chi connectivity index (χ0v) is 13.2. The number of rotatable bonds is 6. The maximum atomic E-state index is 5.26. The highest BCUT2D eigenvalue weighted by Gasteiger charge is 2.00. The van der Waals surface area contributed by atoms with Gasteiger partial charge in [0, 0.05) is 12.2 Å². The van der Waals surface area contributed by atoms with E-state index in [4.69, 9.17) is 12.2 Å². The summed E-state index contributed by atoms with van der Waals surface area (Å²) in [4.78, 5) is 2.17. The summed E-state index contributed by atoms with van der Waals surface area (Å²) in [5.41, 5.74) is 2.38. The number of benzene rings is 1. The lowest BCUT2D eigenvalue weighted by atomic mass is 10.0. The van der Waals surface area contributed by atoms with Crippen molar-refractivity contribution in [2.24, 2.45) is 0 Å². The zero-order chi connectivity index (χ0) is 14.3. The largest absolute Gasteiger partial charge is 0.362 e. The monoisotopic (exact) mass is 279 g/mol. The molecule has 2 N–H and O–H groups in total. The van der Waals surface area contributed by atoms with Gasteiger partial charge in [-0.05, 0) is 62.9 Å². The highest BCUT2D eigenvalue weighted by Crippen LogP contribution is 2.16. The van der Waals surface area contributed by atoms with E-state index in [1.165, 1.54) is 5.56 Å². The molecule has 0 atom stereocenters. The lowest BCUT2D eigenvalue weighted by Gasteiger charge is -2.13. The lowest BCUT2D eigenvalue weighted by Crippen LogP contribution is -2.30. The predicted molar refractivity (Wildman–Crippen MR) is 87.9 cm³/mol. The maximum Gasteiger partial charge on any atom is 0.170 e. The average Bonchev–Trinajstić information content (AvgIpc) is 2.35. The molecule has 1 aromatic carbocycles. The fraction of sp³-hybridized carbons (Fsp3) is 0.533. The molecule has 0 unspecified atom stereocenters. The number of anilines is 1. The van der Waals surface area contributed by atoms with E-state index in [1.54, 1.807) is 0 Å². The number of hydrogen-bond acceptors (Lipinski definition) is 2. The summed E-state index contributed by atoms with van der Waals surface area (Å²) in [7, 11) is 4.15. The first kappa shape index (κ1) is 15.9. The summed E-state index contributed by atoms with van der Waals surface area (Å²) in [6.45, 7) is 6.35. The third kappa shape index (κ3) is 6.55. The SMILES string of the molecule is CC(C)c1ccc(NC(=S)NCCCN(C)C)cc1. The smallest absolute Gasteiger partial charge is 0.170 e. The van der Waals surface area contributed by atoms with Crippen LogP contribution in [0.2, 0.25) is 0 Å². The zero-order valence-electron chi connectivity index (χ0n) is 12.4. The minimum Gasteiger partial charge on any atom is -0.362 e. The van der Waals surface area contributed by atoms with Crippen LogP contribution in [0.3, 0.4) is 0 Å². The second-order valence-corrected chi connectivity index (χ2v) is 5.72. The van der Waals surface area contributed by atoms with Crippen molar-refractivity contribution < 1.29 is 0 Å². The Balaban J connectivity index is 2.32. The minimum absolute atomic E-state index is 0.560. The number of nitrogens with zero attached hydrogens (tertiary/aromatic N) is 1. The van der Waals surface area contributed by atoms with Gasteiger partial charge in [-0.2, -0.15) is 0 Å². The molecule has 1 rings (SSSR count). The van der Waals surface area contributed by atoms with Crippen molar-refractivity contribution in [3.8, 4) is 0 Å². The van der Waals surface area contributed by atoms with Crippen LogP contribution >= 0.6 is 12.2 Å². The molecule has 106 valence electrons. The molecule has 0 aliphatic heterocycles. The first-order valence-corrected chi connectivity index (χ1v) is 7.19. The highest BCUT2D eigenvalue weighted by atomic mass is 32.1. The number of hydrogen-bond donors (Lipinski definition) is 2. The molecule has 0 saturated carbocycles. The molecule has 0 radical (unpaired) electrons. The molecule has 0 bridgehead atoms. The molecule has 3 nitrogen and oxygen atoms in total. The Bertz CT molecular complexity index is 385. The molecule has 0 amide bonds. The van der Waals surface area contributed by atoms with Gasteiger partial charge < -0.3 is 15.5 Å². The Hall–Kier alpha value is -1.13. The van der Waals surface area contributed by atoms with Crippen LogP contribution in [0.15, 0.2) is 24.3 Å². The van der Waals surface area contributed by atoms with Gasteiger partial charge in [0.15, 0.2) is 5.11 Å². The van der Waals surface area contributed by atoms with Crippen molar-refractivity contribution in [2.75, 3.05) is 32.5 Å². The third-order valence-corrected chi connectivity index (χ3v) is 3.15. The van der Waals surface area contributed by atoms with Crippen LogP contribution in [-0.2, 0) is 0 Å². The van der Waals surface area contributed by atoms with Crippen LogP contribution in [0, 0.1) is 0 Å². The van der Waals surface area contributed by atoms with Gasteiger partial charge in [0.1, 0.15) is 0 Å². The Labute approximate surface area is 122 Å². The first-order chi connectivity index (χ1) is 8.99. The van der Waals surface area contributed by atoms with Gasteiger partial charge in [0.2, 0.25) is 0 Å². The third-order valence-electron chi connectivity index (χ3n) is 2.90. The van der Waals surface area contributed by atoms with Crippen LogP contribution < -0.4 is 10.6 Å². The summed E-state index contributed by atoms with van der Waals surface area (Å²) >= 11 is 5.26. The van der Waals surface area contributed by atoms with Gasteiger partial charge in [-0.25, -0.2) is 0 Å². The van der Waals surface area contributed by atoms with Crippen molar-refractivity contribution in [3.05, 3.63) is 29.8 Å². The summed E-state index contributed by atoms with van der Waals surface area (Å²) in [6.07, 6.45) is 1.08. The Morgan fingerprint density at radius 3 is 2.37 bits per heavy atom. The molecular formula is C15H25N3S. The molecule has 0 fully saturated rings. The Morgan fingerprint density at radius 1 is 1.21 bits per heavy atom. The Morgan fingerprint density at radius 2 is 1.84 bits per heavy atom. The topological polar surface area (TPSA) is 27.3 Å². The quantitative estimate of drug-likeness (QED) is 0.618. The lowest BCUT2D eigenvalue weighted by molar-refractivity contribution is 0.400. The molecular weight excluding hydrogens is 254 g/mol. The standard InChI is InChI=1S/C15H25N3S/c1-12(2)13-6-8-14(9-7-13)17-15(19)16-10-5-11-18(3)4/h6-9,12H,5,10-11H2,1-4H3,(H2,16,17,19). The number of thiocarbonyl (C=S) groups is 1. The number of nitrogens with one attached hydrogen (secondary N) is 2. The normalized spacial score (nSPS) is 10.8. The van der Waals surface area contributed by atoms with E-state index in [0.717, 1.165) is 25.2 Å². The van der Waals surface area contributed by atoms with Gasteiger partial charge in [-0.3, -0.25) is 0 Å². The van der Waals surface area contributed by atoms with Crippen molar-refractivity contribution in [3.63, 3.8) is 0 Å². The maximum absolute atomic E-state index is 5.26. The molecule has 0 heterocycles. The van der Waals surface area contributed by atoms with Crippen LogP contribution in [-0.4, -0.2) is 37.2 Å². The van der Waals surface area contributed by atoms with E-state index in [9.17, 15) is 0 Å².